The first kappa shape index (κ1) is 19.3. The Bertz CT molecular complexity index is 1150. The van der Waals surface area contributed by atoms with Gasteiger partial charge in [-0.25, -0.2) is 4.79 Å². The van der Waals surface area contributed by atoms with Gasteiger partial charge in [0.05, 0.1) is 11.3 Å². The van der Waals surface area contributed by atoms with Gasteiger partial charge in [-0.15, -0.1) is 0 Å². The molecule has 0 aliphatic carbocycles. The number of carboxylic acid groups (broad SMARTS) is 1. The number of aromatic carboxylic acids is 1. The molecule has 1 aliphatic heterocycles. The Kier molecular flexibility index (Phi) is 5.02. The van der Waals surface area contributed by atoms with Crippen molar-refractivity contribution >= 4 is 40.2 Å². The first-order valence-corrected chi connectivity index (χ1v) is 9.47. The minimum atomic E-state index is -1.14. The molecule has 2 N–H and O–H groups in total. The van der Waals surface area contributed by atoms with Gasteiger partial charge in [-0.3, -0.25) is 19.3 Å². The van der Waals surface area contributed by atoms with Crippen LogP contribution in [0.4, 0.5) is 5.69 Å². The number of carbonyl (C=O) groups is 4. The molecule has 0 saturated heterocycles. The van der Waals surface area contributed by atoms with Crippen LogP contribution >= 0.6 is 0 Å². The van der Waals surface area contributed by atoms with Crippen molar-refractivity contribution in [3.63, 3.8) is 0 Å². The van der Waals surface area contributed by atoms with Gasteiger partial charge in [-0.2, -0.15) is 0 Å². The molecule has 0 aromatic heterocycles. The van der Waals surface area contributed by atoms with E-state index in [4.69, 9.17) is 0 Å². The maximum absolute atomic E-state index is 12.8. The molecule has 3 aromatic rings. The van der Waals surface area contributed by atoms with Crippen molar-refractivity contribution in [2.24, 2.45) is 0 Å². The predicted molar refractivity (Wildman–Crippen MR) is 111 cm³/mol. The number of carbonyl (C=O) groups excluding carboxylic acids is 3. The van der Waals surface area contributed by atoms with Crippen LogP contribution in [0.25, 0.3) is 10.8 Å². The van der Waals surface area contributed by atoms with Gasteiger partial charge in [0.1, 0.15) is 0 Å². The summed E-state index contributed by atoms with van der Waals surface area (Å²) in [6.07, 6.45) is 0.299. The minimum absolute atomic E-state index is 0.00284. The zero-order chi connectivity index (χ0) is 21.3. The van der Waals surface area contributed by atoms with Crippen LogP contribution in [0.2, 0.25) is 0 Å². The highest BCUT2D eigenvalue weighted by Crippen LogP contribution is 2.30. The van der Waals surface area contributed by atoms with Crippen molar-refractivity contribution in [2.75, 3.05) is 11.9 Å². The zero-order valence-electron chi connectivity index (χ0n) is 15.9. The van der Waals surface area contributed by atoms with E-state index >= 15 is 0 Å². The molecule has 0 unspecified atom stereocenters. The van der Waals surface area contributed by atoms with E-state index < -0.39 is 5.97 Å². The Labute approximate surface area is 171 Å². The van der Waals surface area contributed by atoms with Crippen LogP contribution in [0, 0.1) is 0 Å². The Hall–Kier alpha value is -4.00. The van der Waals surface area contributed by atoms with Gasteiger partial charge in [-0.05, 0) is 36.1 Å². The molecule has 7 heteroatoms. The van der Waals surface area contributed by atoms with E-state index in [2.05, 4.69) is 5.32 Å². The molecule has 3 amide bonds. The molecule has 7 nitrogen and oxygen atoms in total. The van der Waals surface area contributed by atoms with Crippen molar-refractivity contribution in [3.8, 4) is 0 Å². The van der Waals surface area contributed by atoms with Crippen molar-refractivity contribution in [2.45, 2.75) is 12.8 Å². The summed E-state index contributed by atoms with van der Waals surface area (Å²) < 4.78 is 0. The molecule has 0 radical (unpaired) electrons. The third kappa shape index (κ3) is 3.41. The molecule has 3 aromatic carbocycles. The van der Waals surface area contributed by atoms with E-state index in [0.29, 0.717) is 16.5 Å². The number of rotatable bonds is 6. The second-order valence-corrected chi connectivity index (χ2v) is 6.97. The molecule has 0 spiro atoms. The summed E-state index contributed by atoms with van der Waals surface area (Å²) in [6.45, 7) is 0.0936. The monoisotopic (exact) mass is 402 g/mol. The number of hydrogen-bond acceptors (Lipinski definition) is 4. The Balaban J connectivity index is 1.44. The highest BCUT2D eigenvalue weighted by Gasteiger charge is 2.32. The molecule has 4 rings (SSSR count). The highest BCUT2D eigenvalue weighted by molar-refractivity contribution is 6.25. The van der Waals surface area contributed by atoms with Crippen molar-refractivity contribution < 1.29 is 24.3 Å². The van der Waals surface area contributed by atoms with E-state index in [-0.39, 0.29) is 48.4 Å². The normalized spacial score (nSPS) is 12.9. The van der Waals surface area contributed by atoms with Crippen LogP contribution in [0.3, 0.4) is 0 Å². The first-order valence-electron chi connectivity index (χ1n) is 9.47. The van der Waals surface area contributed by atoms with Gasteiger partial charge in [-0.1, -0.05) is 36.4 Å². The lowest BCUT2D eigenvalue weighted by molar-refractivity contribution is -0.116. The van der Waals surface area contributed by atoms with Crippen LogP contribution in [0.1, 0.15) is 43.9 Å². The van der Waals surface area contributed by atoms with E-state index in [1.807, 2.05) is 12.1 Å². The Morgan fingerprint density at radius 2 is 1.50 bits per heavy atom. The number of para-hydroxylation sites is 1. The van der Waals surface area contributed by atoms with Gasteiger partial charge in [0.2, 0.25) is 5.91 Å². The lowest BCUT2D eigenvalue weighted by atomic mass is 9.94. The maximum atomic E-state index is 12.8. The quantitative estimate of drug-likeness (QED) is 0.614. The summed E-state index contributed by atoms with van der Waals surface area (Å²) in [6, 6.07) is 16.8. The van der Waals surface area contributed by atoms with E-state index in [9.17, 15) is 24.3 Å². The molecule has 30 heavy (non-hydrogen) atoms. The summed E-state index contributed by atoms with van der Waals surface area (Å²) in [5.41, 5.74) is 1.16. The van der Waals surface area contributed by atoms with Crippen molar-refractivity contribution in [1.29, 1.82) is 0 Å². The second-order valence-electron chi connectivity index (χ2n) is 6.97. The van der Waals surface area contributed by atoms with Gasteiger partial charge in [0.15, 0.2) is 0 Å². The molecule has 0 atom stereocenters. The first-order chi connectivity index (χ1) is 14.5. The third-order valence-electron chi connectivity index (χ3n) is 5.07. The maximum Gasteiger partial charge on any atom is 0.337 e. The van der Waals surface area contributed by atoms with Crippen molar-refractivity contribution in [3.05, 3.63) is 77.4 Å². The van der Waals surface area contributed by atoms with Gasteiger partial charge >= 0.3 is 5.97 Å². The lowest BCUT2D eigenvalue weighted by Gasteiger charge is -2.27. The van der Waals surface area contributed by atoms with E-state index in [1.165, 1.54) is 12.1 Å². The fourth-order valence-electron chi connectivity index (χ4n) is 3.67. The minimum Gasteiger partial charge on any atom is -0.478 e. The standard InChI is InChI=1S/C23H18N2O5/c26-19(24-18-11-2-1-8-15(18)23(29)30)12-5-13-25-21(27)16-9-3-6-14-7-4-10-17(20(14)16)22(25)28/h1-4,6-11H,5,12-13H2,(H,24,26)(H,29,30). The van der Waals surface area contributed by atoms with Crippen LogP contribution in [-0.2, 0) is 4.79 Å². The van der Waals surface area contributed by atoms with Crippen molar-refractivity contribution in [1.82, 2.24) is 4.90 Å². The number of anilines is 1. The van der Waals surface area contributed by atoms with Crippen LogP contribution < -0.4 is 5.32 Å². The zero-order valence-corrected chi connectivity index (χ0v) is 15.9. The summed E-state index contributed by atoms with van der Waals surface area (Å²) in [7, 11) is 0. The van der Waals surface area contributed by atoms with Crippen LogP contribution in [0.15, 0.2) is 60.7 Å². The summed E-state index contributed by atoms with van der Waals surface area (Å²) in [5, 5.41) is 13.3. The van der Waals surface area contributed by atoms with E-state index in [0.717, 1.165) is 10.3 Å². The molecule has 0 fully saturated rings. The number of benzene rings is 3. The smallest absolute Gasteiger partial charge is 0.337 e. The Morgan fingerprint density at radius 3 is 2.13 bits per heavy atom. The predicted octanol–water partition coefficient (Wildman–Crippen LogP) is 3.55. The number of amides is 3. The second kappa shape index (κ2) is 7.79. The number of carboxylic acids is 1. The topological polar surface area (TPSA) is 104 Å². The summed E-state index contributed by atoms with van der Waals surface area (Å²) in [5.74, 6) is -2.27. The highest BCUT2D eigenvalue weighted by atomic mass is 16.4. The molecule has 0 saturated carbocycles. The fourth-order valence-corrected chi connectivity index (χ4v) is 3.67. The average Bonchev–Trinajstić information content (AvgIpc) is 2.74. The molecular weight excluding hydrogens is 384 g/mol. The van der Waals surface area contributed by atoms with E-state index in [1.54, 1.807) is 36.4 Å². The largest absolute Gasteiger partial charge is 0.478 e. The number of nitrogens with zero attached hydrogens (tertiary/aromatic N) is 1. The molecule has 1 heterocycles. The third-order valence-corrected chi connectivity index (χ3v) is 5.07. The number of hydrogen-bond donors (Lipinski definition) is 2. The average molecular weight is 402 g/mol. The van der Waals surface area contributed by atoms with Gasteiger partial charge in [0, 0.05) is 29.5 Å². The Morgan fingerprint density at radius 1 is 0.867 bits per heavy atom. The molecule has 1 aliphatic rings. The number of imide groups is 1. The fraction of sp³-hybridized carbons (Fsp3) is 0.130. The summed E-state index contributed by atoms with van der Waals surface area (Å²) >= 11 is 0. The van der Waals surface area contributed by atoms with Gasteiger partial charge in [0.25, 0.3) is 11.8 Å². The molecule has 0 bridgehead atoms. The van der Waals surface area contributed by atoms with Crippen LogP contribution in [0.5, 0.6) is 0 Å². The lowest BCUT2D eigenvalue weighted by Crippen LogP contribution is -2.41. The molecular formula is C23H18N2O5. The number of nitrogens with one attached hydrogen (secondary N) is 1. The van der Waals surface area contributed by atoms with Crippen LogP contribution in [-0.4, -0.2) is 40.2 Å². The summed E-state index contributed by atoms with van der Waals surface area (Å²) in [4.78, 5) is 50.3. The van der Waals surface area contributed by atoms with Gasteiger partial charge < -0.3 is 10.4 Å². The SMILES string of the molecule is O=C(CCCN1C(=O)c2cccc3cccc(c23)C1=O)Nc1ccccc1C(=O)O. The molecule has 150 valence electrons.